The quantitative estimate of drug-likeness (QED) is 0.575. The first-order valence-electron chi connectivity index (χ1n) is 10.4. The zero-order valence-corrected chi connectivity index (χ0v) is 19.1. The maximum absolute atomic E-state index is 6.40. The molecule has 156 valence electrons. The number of piperazine rings is 1. The van der Waals surface area contributed by atoms with E-state index in [1.807, 2.05) is 18.2 Å². The van der Waals surface area contributed by atoms with Gasteiger partial charge in [0.05, 0.1) is 15.7 Å². The molecule has 0 aliphatic carbocycles. The van der Waals surface area contributed by atoms with E-state index in [2.05, 4.69) is 39.9 Å². The molecule has 1 atom stereocenters. The van der Waals surface area contributed by atoms with Gasteiger partial charge in [0.15, 0.2) is 0 Å². The number of nitrogens with zero attached hydrogens (tertiary/aromatic N) is 3. The molecule has 0 saturated carbocycles. The molecule has 0 amide bonds. The number of hydrogen-bond acceptors (Lipinski definition) is 3. The second-order valence-electron chi connectivity index (χ2n) is 8.25. The normalized spacial score (nSPS) is 20.5. The van der Waals surface area contributed by atoms with Crippen LogP contribution in [0, 0.1) is 5.92 Å². The molecule has 0 radical (unpaired) electrons. The summed E-state index contributed by atoms with van der Waals surface area (Å²) in [6.45, 7) is 6.39. The first-order chi connectivity index (χ1) is 14.0. The average molecular weight is 453 g/mol. The molecule has 2 aliphatic heterocycles. The number of benzene rings is 2. The number of aryl methyl sites for hydroxylation is 1. The van der Waals surface area contributed by atoms with Crippen molar-refractivity contribution in [2.45, 2.75) is 19.3 Å². The van der Waals surface area contributed by atoms with Gasteiger partial charge in [0.1, 0.15) is 0 Å². The van der Waals surface area contributed by atoms with Crippen molar-refractivity contribution in [1.29, 1.82) is 0 Å². The Morgan fingerprint density at radius 3 is 2.55 bits per heavy atom. The van der Waals surface area contributed by atoms with E-state index in [1.165, 1.54) is 24.1 Å². The molecule has 0 aromatic heterocycles. The Morgan fingerprint density at radius 2 is 1.76 bits per heavy atom. The Labute approximate surface area is 189 Å². The van der Waals surface area contributed by atoms with Gasteiger partial charge in [0.2, 0.25) is 0 Å². The lowest BCUT2D eigenvalue weighted by Crippen LogP contribution is -2.47. The van der Waals surface area contributed by atoms with Crippen LogP contribution in [0.25, 0.3) is 0 Å². The van der Waals surface area contributed by atoms with Crippen LogP contribution in [0.3, 0.4) is 0 Å². The molecule has 6 heteroatoms. The third-order valence-electron chi connectivity index (χ3n) is 6.31. The molecular weight excluding hydrogens is 425 g/mol. The number of anilines is 2. The zero-order chi connectivity index (χ0) is 20.4. The molecule has 0 bridgehead atoms. The molecule has 1 saturated heterocycles. The van der Waals surface area contributed by atoms with Crippen LogP contribution in [0.4, 0.5) is 11.4 Å². The van der Waals surface area contributed by atoms with Gasteiger partial charge in [-0.15, -0.1) is 0 Å². The lowest BCUT2D eigenvalue weighted by atomic mass is 9.97. The molecular formula is C23H28Cl3N3. The van der Waals surface area contributed by atoms with Crippen LogP contribution in [0.15, 0.2) is 36.4 Å². The topological polar surface area (TPSA) is 9.72 Å². The van der Waals surface area contributed by atoms with E-state index in [-0.39, 0.29) is 0 Å². The molecule has 1 unspecified atom stereocenters. The SMILES string of the molecule is CN1CC(CCN2CCN(c3cccc(Cl)c3Cl)CC2)CCc2ccc(Cl)cc21. The van der Waals surface area contributed by atoms with Gasteiger partial charge in [-0.1, -0.05) is 46.9 Å². The zero-order valence-electron chi connectivity index (χ0n) is 16.9. The van der Waals surface area contributed by atoms with Crippen molar-refractivity contribution in [1.82, 2.24) is 4.90 Å². The maximum Gasteiger partial charge on any atom is 0.0825 e. The predicted octanol–water partition coefficient (Wildman–Crippen LogP) is 5.86. The molecule has 4 rings (SSSR count). The van der Waals surface area contributed by atoms with Crippen molar-refractivity contribution >= 4 is 46.2 Å². The van der Waals surface area contributed by atoms with Crippen LogP contribution in [0.5, 0.6) is 0 Å². The first kappa shape index (κ1) is 21.1. The van der Waals surface area contributed by atoms with Crippen molar-refractivity contribution < 1.29 is 0 Å². The lowest BCUT2D eigenvalue weighted by molar-refractivity contribution is 0.236. The third-order valence-corrected chi connectivity index (χ3v) is 7.35. The Morgan fingerprint density at radius 1 is 0.966 bits per heavy atom. The van der Waals surface area contributed by atoms with Gasteiger partial charge >= 0.3 is 0 Å². The second kappa shape index (κ2) is 9.34. The third kappa shape index (κ3) is 4.96. The molecule has 29 heavy (non-hydrogen) atoms. The van der Waals surface area contributed by atoms with Gasteiger partial charge in [-0.2, -0.15) is 0 Å². The van der Waals surface area contributed by atoms with Crippen LogP contribution >= 0.6 is 34.8 Å². The van der Waals surface area contributed by atoms with E-state index in [9.17, 15) is 0 Å². The van der Waals surface area contributed by atoms with Gasteiger partial charge in [0, 0.05) is 50.5 Å². The van der Waals surface area contributed by atoms with Crippen LogP contribution < -0.4 is 9.80 Å². The molecule has 2 aromatic rings. The number of hydrogen-bond donors (Lipinski definition) is 0. The molecule has 2 aliphatic rings. The van der Waals surface area contributed by atoms with E-state index >= 15 is 0 Å². The highest BCUT2D eigenvalue weighted by Crippen LogP contribution is 2.33. The minimum absolute atomic E-state index is 0.631. The molecule has 2 aromatic carbocycles. The Bertz CT molecular complexity index is 849. The van der Waals surface area contributed by atoms with E-state index in [0.717, 1.165) is 56.4 Å². The fraction of sp³-hybridized carbons (Fsp3) is 0.478. The Hall–Kier alpha value is -1.13. The van der Waals surface area contributed by atoms with E-state index in [0.29, 0.717) is 16.0 Å². The number of fused-ring (bicyclic) bond motifs is 1. The molecule has 0 N–H and O–H groups in total. The highest BCUT2D eigenvalue weighted by atomic mass is 35.5. The van der Waals surface area contributed by atoms with Gasteiger partial charge in [-0.3, -0.25) is 4.90 Å². The summed E-state index contributed by atoms with van der Waals surface area (Å²) in [7, 11) is 2.20. The fourth-order valence-electron chi connectivity index (χ4n) is 4.59. The van der Waals surface area contributed by atoms with Crippen LogP contribution in [-0.2, 0) is 6.42 Å². The molecule has 2 heterocycles. The first-order valence-corrected chi connectivity index (χ1v) is 11.6. The summed E-state index contributed by atoms with van der Waals surface area (Å²) < 4.78 is 0. The average Bonchev–Trinajstić information content (AvgIpc) is 2.88. The van der Waals surface area contributed by atoms with Crippen molar-refractivity contribution in [3.63, 3.8) is 0 Å². The minimum atomic E-state index is 0.631. The Balaban J connectivity index is 1.28. The number of rotatable bonds is 4. The van der Waals surface area contributed by atoms with Crippen molar-refractivity contribution in [2.75, 3.05) is 56.1 Å². The highest BCUT2D eigenvalue weighted by Gasteiger charge is 2.23. The van der Waals surface area contributed by atoms with E-state index in [4.69, 9.17) is 34.8 Å². The minimum Gasteiger partial charge on any atom is -0.374 e. The predicted molar refractivity (Wildman–Crippen MR) is 126 cm³/mol. The standard InChI is InChI=1S/C23H28Cl3N3/c1-27-16-17(5-6-18-7-8-19(24)15-22(18)27)9-10-28-11-13-29(14-12-28)21-4-2-3-20(25)23(21)26/h2-4,7-8,15,17H,5-6,9-14,16H2,1H3. The van der Waals surface area contributed by atoms with E-state index < -0.39 is 0 Å². The van der Waals surface area contributed by atoms with Gasteiger partial charge in [-0.05, 0) is 61.6 Å². The summed E-state index contributed by atoms with van der Waals surface area (Å²) in [6.07, 6.45) is 3.63. The van der Waals surface area contributed by atoms with E-state index in [1.54, 1.807) is 0 Å². The summed E-state index contributed by atoms with van der Waals surface area (Å²) in [5, 5.41) is 2.13. The summed E-state index contributed by atoms with van der Waals surface area (Å²) in [5.74, 6) is 0.714. The monoisotopic (exact) mass is 451 g/mol. The summed E-state index contributed by atoms with van der Waals surface area (Å²) in [6, 6.07) is 12.2. The highest BCUT2D eigenvalue weighted by molar-refractivity contribution is 6.43. The largest absolute Gasteiger partial charge is 0.374 e. The van der Waals surface area contributed by atoms with Gasteiger partial charge in [-0.25, -0.2) is 0 Å². The smallest absolute Gasteiger partial charge is 0.0825 e. The Kier molecular flexibility index (Phi) is 6.80. The maximum atomic E-state index is 6.40. The van der Waals surface area contributed by atoms with Crippen molar-refractivity contribution in [2.24, 2.45) is 5.92 Å². The van der Waals surface area contributed by atoms with Gasteiger partial charge in [0.25, 0.3) is 0 Å². The molecule has 1 fully saturated rings. The van der Waals surface area contributed by atoms with Crippen molar-refractivity contribution in [3.05, 3.63) is 57.0 Å². The van der Waals surface area contributed by atoms with Crippen molar-refractivity contribution in [3.8, 4) is 0 Å². The lowest BCUT2D eigenvalue weighted by Gasteiger charge is -2.37. The van der Waals surface area contributed by atoms with Crippen LogP contribution in [0.2, 0.25) is 15.1 Å². The van der Waals surface area contributed by atoms with Gasteiger partial charge < -0.3 is 9.80 Å². The number of halogens is 3. The molecule has 0 spiro atoms. The van der Waals surface area contributed by atoms with Crippen LogP contribution in [-0.4, -0.2) is 51.2 Å². The molecule has 3 nitrogen and oxygen atoms in total. The fourth-order valence-corrected chi connectivity index (χ4v) is 5.17. The summed E-state index contributed by atoms with van der Waals surface area (Å²) in [4.78, 5) is 7.33. The second-order valence-corrected chi connectivity index (χ2v) is 9.47. The summed E-state index contributed by atoms with van der Waals surface area (Å²) in [5.41, 5.74) is 3.78. The summed E-state index contributed by atoms with van der Waals surface area (Å²) >= 11 is 18.8. The van der Waals surface area contributed by atoms with Crippen LogP contribution in [0.1, 0.15) is 18.4 Å².